The van der Waals surface area contributed by atoms with Crippen LogP contribution in [-0.2, 0) is 23.7 Å². The molecule has 14 nitrogen and oxygen atoms in total. The number of ether oxygens (including phenoxy) is 4. The maximum absolute atomic E-state index is 13.3. The van der Waals surface area contributed by atoms with Gasteiger partial charge in [0.05, 0.1) is 32.0 Å². The number of allylic oxidation sites excluding steroid dienone is 8. The van der Waals surface area contributed by atoms with Crippen molar-refractivity contribution in [2.24, 2.45) is 0 Å². The third-order valence-corrected chi connectivity index (χ3v) is 17.3. The van der Waals surface area contributed by atoms with Gasteiger partial charge in [-0.15, -0.1) is 0 Å². The Labute approximate surface area is 518 Å². The van der Waals surface area contributed by atoms with Crippen LogP contribution in [-0.4, -0.2) is 140 Å². The molecule has 85 heavy (non-hydrogen) atoms. The van der Waals surface area contributed by atoms with Crippen LogP contribution in [0.5, 0.6) is 0 Å². The molecule has 12 unspecified atom stereocenters. The number of amides is 1. The van der Waals surface area contributed by atoms with Gasteiger partial charge in [-0.05, 0) is 51.4 Å². The van der Waals surface area contributed by atoms with Crippen molar-refractivity contribution in [3.05, 3.63) is 48.6 Å². The van der Waals surface area contributed by atoms with Crippen molar-refractivity contribution >= 4 is 5.91 Å². The Balaban J connectivity index is 1.56. The molecule has 0 saturated carbocycles. The smallest absolute Gasteiger partial charge is 0.220 e. The number of aliphatic hydroxyl groups is 8. The van der Waals surface area contributed by atoms with Crippen molar-refractivity contribution in [3.63, 3.8) is 0 Å². The third-order valence-electron chi connectivity index (χ3n) is 17.3. The molecule has 0 aromatic carbocycles. The van der Waals surface area contributed by atoms with Gasteiger partial charge in [-0.2, -0.15) is 0 Å². The van der Waals surface area contributed by atoms with Gasteiger partial charge in [0, 0.05) is 6.42 Å². The maximum Gasteiger partial charge on any atom is 0.220 e. The minimum atomic E-state index is -1.78. The van der Waals surface area contributed by atoms with Crippen molar-refractivity contribution in [2.75, 3.05) is 19.8 Å². The van der Waals surface area contributed by atoms with Crippen LogP contribution in [0.2, 0.25) is 0 Å². The van der Waals surface area contributed by atoms with E-state index in [-0.39, 0.29) is 12.5 Å². The molecule has 0 aromatic rings. The van der Waals surface area contributed by atoms with Crippen LogP contribution in [0.1, 0.15) is 303 Å². The Morgan fingerprint density at radius 2 is 0.812 bits per heavy atom. The van der Waals surface area contributed by atoms with Crippen LogP contribution >= 0.6 is 0 Å². The monoisotopic (exact) mass is 1210 g/mol. The first-order valence-corrected chi connectivity index (χ1v) is 35.4. The molecule has 2 heterocycles. The maximum atomic E-state index is 13.3. The van der Waals surface area contributed by atoms with E-state index in [0.29, 0.717) is 12.8 Å². The summed E-state index contributed by atoms with van der Waals surface area (Å²) in [6.45, 7) is 2.78. The third kappa shape index (κ3) is 40.3. The summed E-state index contributed by atoms with van der Waals surface area (Å²) in [7, 11) is 0. The van der Waals surface area contributed by atoms with E-state index in [1.807, 2.05) is 0 Å². The molecular formula is C71H131NO13. The second-order valence-electron chi connectivity index (χ2n) is 25.0. The zero-order valence-electron chi connectivity index (χ0n) is 54.1. The fourth-order valence-corrected chi connectivity index (χ4v) is 11.7. The molecule has 2 aliphatic heterocycles. The van der Waals surface area contributed by atoms with Crippen LogP contribution < -0.4 is 5.32 Å². The van der Waals surface area contributed by atoms with E-state index in [1.165, 1.54) is 199 Å². The van der Waals surface area contributed by atoms with E-state index >= 15 is 0 Å². The van der Waals surface area contributed by atoms with Crippen LogP contribution in [0, 0.1) is 0 Å². The Morgan fingerprint density at radius 3 is 1.25 bits per heavy atom. The number of nitrogens with one attached hydrogen (secondary N) is 1. The SMILES string of the molecule is CC/C=C\C/C=C\C/C=C\C/C=C\CCCCCCCCCCCCCCCCCCCCCCCCCCC(=O)NC(COC1OC(CO)C(OC2OC(CO)C(O)C(O)C2O)C(O)C1O)C(O)CCCCCCCCCCCCCCCC. The van der Waals surface area contributed by atoms with Crippen LogP contribution in [0.15, 0.2) is 48.6 Å². The van der Waals surface area contributed by atoms with Gasteiger partial charge in [0.15, 0.2) is 12.6 Å². The molecule has 0 aromatic heterocycles. The normalized spacial score (nSPS) is 23.8. The Morgan fingerprint density at radius 1 is 0.435 bits per heavy atom. The number of rotatable bonds is 58. The second-order valence-corrected chi connectivity index (χ2v) is 25.0. The average Bonchev–Trinajstić information content (AvgIpc) is 3.65. The molecule has 9 N–H and O–H groups in total. The topological polar surface area (TPSA) is 228 Å². The van der Waals surface area contributed by atoms with Crippen molar-refractivity contribution in [2.45, 2.75) is 376 Å². The first-order valence-electron chi connectivity index (χ1n) is 35.4. The fraction of sp³-hybridized carbons (Fsp3) is 0.873. The standard InChI is InChI=1S/C71H131NO13/c1-3-5-7-9-11-13-15-17-19-20-21-22-23-24-25-26-27-28-29-30-31-32-33-34-35-36-37-38-39-40-41-43-45-47-49-51-53-55-63(76)72-59(60(75)54-52-50-48-46-44-42-18-16-14-12-10-8-6-4-2)58-82-70-68(81)66(79)69(62(57-74)84-70)85-71-67(80)65(78)64(77)61(56-73)83-71/h5,7,11,13,17,19,21-22,59-62,64-71,73-75,77-81H,3-4,6,8-10,12,14-16,18,20,23-58H2,1-2H3,(H,72,76)/b7-5-,13-11-,19-17-,22-21-. The molecule has 14 heteroatoms. The van der Waals surface area contributed by atoms with E-state index in [4.69, 9.17) is 18.9 Å². The summed E-state index contributed by atoms with van der Waals surface area (Å²) in [6.07, 6.45) is 55.8. The molecule has 0 bridgehead atoms. The number of unbranched alkanes of at least 4 members (excludes halogenated alkanes) is 37. The van der Waals surface area contributed by atoms with Gasteiger partial charge < -0.3 is 65.1 Å². The Bertz CT molecular complexity index is 1610. The second kappa shape index (κ2) is 56.0. The lowest BCUT2D eigenvalue weighted by Gasteiger charge is -2.46. The molecule has 12 atom stereocenters. The van der Waals surface area contributed by atoms with Crippen molar-refractivity contribution in [1.82, 2.24) is 5.32 Å². The summed E-state index contributed by atoms with van der Waals surface area (Å²) in [5.41, 5.74) is 0. The summed E-state index contributed by atoms with van der Waals surface area (Å²) in [6, 6.07) is -0.827. The van der Waals surface area contributed by atoms with Crippen molar-refractivity contribution in [1.29, 1.82) is 0 Å². The van der Waals surface area contributed by atoms with Gasteiger partial charge in [0.1, 0.15) is 48.8 Å². The van der Waals surface area contributed by atoms with Gasteiger partial charge >= 0.3 is 0 Å². The molecule has 0 radical (unpaired) electrons. The van der Waals surface area contributed by atoms with Gasteiger partial charge in [-0.25, -0.2) is 0 Å². The first kappa shape index (κ1) is 79.0. The minimum absolute atomic E-state index is 0.202. The predicted octanol–water partition coefficient (Wildman–Crippen LogP) is 14.3. The number of aliphatic hydroxyl groups excluding tert-OH is 8. The summed E-state index contributed by atoms with van der Waals surface area (Å²) < 4.78 is 22.9. The first-order chi connectivity index (χ1) is 41.6. The zero-order chi connectivity index (χ0) is 61.6. The summed E-state index contributed by atoms with van der Waals surface area (Å²) in [5.74, 6) is -0.202. The summed E-state index contributed by atoms with van der Waals surface area (Å²) in [4.78, 5) is 13.3. The predicted molar refractivity (Wildman–Crippen MR) is 346 cm³/mol. The number of carbonyl (C=O) groups is 1. The Hall–Kier alpha value is -2.05. The molecule has 2 rings (SSSR count). The fourth-order valence-electron chi connectivity index (χ4n) is 11.7. The van der Waals surface area contributed by atoms with Gasteiger partial charge in [0.2, 0.25) is 5.91 Å². The highest BCUT2D eigenvalue weighted by atomic mass is 16.7. The number of hydrogen-bond acceptors (Lipinski definition) is 13. The van der Waals surface area contributed by atoms with Crippen molar-refractivity contribution in [3.8, 4) is 0 Å². The van der Waals surface area contributed by atoms with Gasteiger partial charge in [-0.3, -0.25) is 4.79 Å². The van der Waals surface area contributed by atoms with E-state index in [1.54, 1.807) is 0 Å². The minimum Gasteiger partial charge on any atom is -0.394 e. The van der Waals surface area contributed by atoms with E-state index in [9.17, 15) is 45.6 Å². The number of hydrogen-bond donors (Lipinski definition) is 9. The van der Waals surface area contributed by atoms with Gasteiger partial charge in [0.25, 0.3) is 0 Å². The lowest BCUT2D eigenvalue weighted by atomic mass is 9.97. The molecule has 2 saturated heterocycles. The Kier molecular flexibility index (Phi) is 52.1. The molecule has 2 aliphatic rings. The average molecular weight is 1210 g/mol. The number of carbonyl (C=O) groups excluding carboxylic acids is 1. The molecular weight excluding hydrogens is 1070 g/mol. The van der Waals surface area contributed by atoms with Crippen LogP contribution in [0.4, 0.5) is 0 Å². The highest BCUT2D eigenvalue weighted by Crippen LogP contribution is 2.30. The molecule has 0 spiro atoms. The zero-order valence-corrected chi connectivity index (χ0v) is 54.1. The molecule has 2 fully saturated rings. The quantitative estimate of drug-likeness (QED) is 0.0204. The molecule has 1 amide bonds. The van der Waals surface area contributed by atoms with E-state index in [0.717, 1.165) is 77.0 Å². The summed E-state index contributed by atoms with van der Waals surface area (Å²) >= 11 is 0. The van der Waals surface area contributed by atoms with E-state index < -0.39 is 86.8 Å². The summed E-state index contributed by atoms with van der Waals surface area (Å²) in [5, 5.41) is 87.4. The largest absolute Gasteiger partial charge is 0.394 e. The lowest BCUT2D eigenvalue weighted by molar-refractivity contribution is -0.359. The molecule has 498 valence electrons. The van der Waals surface area contributed by atoms with Crippen LogP contribution in [0.25, 0.3) is 0 Å². The highest BCUT2D eigenvalue weighted by Gasteiger charge is 2.51. The van der Waals surface area contributed by atoms with E-state index in [2.05, 4.69) is 67.8 Å². The lowest BCUT2D eigenvalue weighted by Crippen LogP contribution is -2.65. The van der Waals surface area contributed by atoms with Crippen molar-refractivity contribution < 1.29 is 64.6 Å². The van der Waals surface area contributed by atoms with Crippen LogP contribution in [0.3, 0.4) is 0 Å². The highest BCUT2D eigenvalue weighted by molar-refractivity contribution is 5.76. The van der Waals surface area contributed by atoms with Gasteiger partial charge in [-0.1, -0.05) is 294 Å². The molecule has 0 aliphatic carbocycles.